The molecule has 0 bridgehead atoms. The second kappa shape index (κ2) is 6.58. The van der Waals surface area contributed by atoms with Crippen LogP contribution in [0.1, 0.15) is 37.3 Å². The molecule has 0 aliphatic carbocycles. The molecule has 2 saturated heterocycles. The molecule has 3 aliphatic rings. The summed E-state index contributed by atoms with van der Waals surface area (Å²) in [4.78, 5) is 28.7. The first-order valence-electron chi connectivity index (χ1n) is 9.07. The Morgan fingerprint density at radius 3 is 2.72 bits per heavy atom. The molecule has 4 rings (SSSR count). The minimum atomic E-state index is -0.179. The van der Waals surface area contributed by atoms with Crippen LogP contribution in [0.3, 0.4) is 0 Å². The Labute approximate surface area is 147 Å². The summed E-state index contributed by atoms with van der Waals surface area (Å²) in [6.45, 7) is 2.56. The molecule has 1 aromatic carbocycles. The van der Waals surface area contributed by atoms with E-state index in [0.717, 1.165) is 42.9 Å². The molecule has 0 radical (unpaired) electrons. The zero-order valence-electron chi connectivity index (χ0n) is 14.6. The highest BCUT2D eigenvalue weighted by molar-refractivity contribution is 5.87. The number of likely N-dealkylation sites (tertiary alicyclic amines) is 2. The van der Waals surface area contributed by atoms with Crippen LogP contribution in [0.4, 0.5) is 0 Å². The highest BCUT2D eigenvalue weighted by Crippen LogP contribution is 2.39. The molecule has 3 heterocycles. The van der Waals surface area contributed by atoms with Crippen molar-refractivity contribution in [2.24, 2.45) is 5.92 Å². The number of benzene rings is 1. The summed E-state index contributed by atoms with van der Waals surface area (Å²) in [7, 11) is 1.80. The molecule has 0 saturated carbocycles. The van der Waals surface area contributed by atoms with Crippen LogP contribution >= 0.6 is 0 Å². The first-order valence-corrected chi connectivity index (χ1v) is 9.07. The monoisotopic (exact) mass is 344 g/mol. The summed E-state index contributed by atoms with van der Waals surface area (Å²) in [6, 6.07) is 6.04. The van der Waals surface area contributed by atoms with Crippen molar-refractivity contribution < 1.29 is 19.1 Å². The summed E-state index contributed by atoms with van der Waals surface area (Å²) < 4.78 is 11.3. The highest BCUT2D eigenvalue weighted by atomic mass is 16.6. The number of hydrogen-bond acceptors (Lipinski definition) is 4. The molecule has 134 valence electrons. The van der Waals surface area contributed by atoms with E-state index in [1.54, 1.807) is 11.9 Å². The normalized spacial score (nSPS) is 26.0. The van der Waals surface area contributed by atoms with Crippen molar-refractivity contribution >= 4 is 11.8 Å². The predicted octanol–water partition coefficient (Wildman–Crippen LogP) is 1.99. The van der Waals surface area contributed by atoms with E-state index in [1.165, 1.54) is 0 Å². The minimum absolute atomic E-state index is 0.0677. The lowest BCUT2D eigenvalue weighted by atomic mass is 9.94. The van der Waals surface area contributed by atoms with E-state index >= 15 is 0 Å². The van der Waals surface area contributed by atoms with Gasteiger partial charge in [0, 0.05) is 32.5 Å². The van der Waals surface area contributed by atoms with Crippen LogP contribution in [0.15, 0.2) is 18.2 Å². The number of carbonyl (C=O) groups excluding carboxylic acids is 2. The Morgan fingerprint density at radius 2 is 1.92 bits per heavy atom. The third kappa shape index (κ3) is 3.05. The lowest BCUT2D eigenvalue weighted by Gasteiger charge is -2.33. The van der Waals surface area contributed by atoms with Crippen molar-refractivity contribution in [3.63, 3.8) is 0 Å². The van der Waals surface area contributed by atoms with Gasteiger partial charge in [0.25, 0.3) is 0 Å². The van der Waals surface area contributed by atoms with E-state index in [1.807, 2.05) is 23.1 Å². The van der Waals surface area contributed by atoms with Crippen LogP contribution in [0.5, 0.6) is 11.5 Å². The third-order valence-electron chi connectivity index (χ3n) is 5.50. The Bertz CT molecular complexity index is 690. The number of ether oxygens (including phenoxy) is 2. The lowest BCUT2D eigenvalue weighted by molar-refractivity contribution is -0.145. The van der Waals surface area contributed by atoms with Crippen LogP contribution in [0.2, 0.25) is 0 Å². The molecule has 2 atom stereocenters. The number of fused-ring (bicyclic) bond motifs is 1. The SMILES string of the molecule is CN1CC[C@H](C(=O)N2CCC[C@H]2c2ccc3c(c2)OCCO3)CC1=O. The molecule has 3 aliphatic heterocycles. The van der Waals surface area contributed by atoms with Crippen LogP contribution in [0.25, 0.3) is 0 Å². The first-order chi connectivity index (χ1) is 12.1. The molecular weight excluding hydrogens is 320 g/mol. The van der Waals surface area contributed by atoms with Gasteiger partial charge < -0.3 is 19.3 Å². The highest BCUT2D eigenvalue weighted by Gasteiger charge is 2.37. The van der Waals surface area contributed by atoms with E-state index in [-0.39, 0.29) is 23.8 Å². The quantitative estimate of drug-likeness (QED) is 0.823. The molecule has 2 amide bonds. The zero-order chi connectivity index (χ0) is 17.4. The Balaban J connectivity index is 1.52. The van der Waals surface area contributed by atoms with Crippen LogP contribution < -0.4 is 9.47 Å². The molecule has 2 fully saturated rings. The van der Waals surface area contributed by atoms with Gasteiger partial charge in [-0.2, -0.15) is 0 Å². The average Bonchev–Trinajstić information content (AvgIpc) is 3.12. The number of hydrogen-bond donors (Lipinski definition) is 0. The summed E-state index contributed by atoms with van der Waals surface area (Å²) in [5.74, 6) is 1.55. The summed E-state index contributed by atoms with van der Waals surface area (Å²) in [5, 5.41) is 0. The molecule has 25 heavy (non-hydrogen) atoms. The molecule has 6 heteroatoms. The van der Waals surface area contributed by atoms with Crippen LogP contribution in [0, 0.1) is 5.92 Å². The maximum Gasteiger partial charge on any atom is 0.226 e. The van der Waals surface area contributed by atoms with Gasteiger partial charge in [-0.25, -0.2) is 0 Å². The van der Waals surface area contributed by atoms with Crippen molar-refractivity contribution in [3.05, 3.63) is 23.8 Å². The largest absolute Gasteiger partial charge is 0.486 e. The van der Waals surface area contributed by atoms with E-state index in [9.17, 15) is 9.59 Å². The van der Waals surface area contributed by atoms with Gasteiger partial charge in [-0.15, -0.1) is 0 Å². The average molecular weight is 344 g/mol. The fraction of sp³-hybridized carbons (Fsp3) is 0.579. The van der Waals surface area contributed by atoms with Gasteiger partial charge in [0.15, 0.2) is 11.5 Å². The first kappa shape index (κ1) is 16.2. The van der Waals surface area contributed by atoms with Crippen LogP contribution in [-0.2, 0) is 9.59 Å². The number of rotatable bonds is 2. The van der Waals surface area contributed by atoms with Crippen molar-refractivity contribution in [2.75, 3.05) is 33.4 Å². The van der Waals surface area contributed by atoms with Gasteiger partial charge in [-0.05, 0) is 37.0 Å². The van der Waals surface area contributed by atoms with E-state index in [0.29, 0.717) is 26.2 Å². The van der Waals surface area contributed by atoms with Crippen molar-refractivity contribution in [1.29, 1.82) is 0 Å². The third-order valence-corrected chi connectivity index (χ3v) is 5.50. The van der Waals surface area contributed by atoms with Gasteiger partial charge in [-0.3, -0.25) is 9.59 Å². The van der Waals surface area contributed by atoms with Gasteiger partial charge in [0.05, 0.1) is 6.04 Å². The fourth-order valence-electron chi connectivity index (χ4n) is 4.03. The Kier molecular flexibility index (Phi) is 4.27. The van der Waals surface area contributed by atoms with Gasteiger partial charge in [0.2, 0.25) is 11.8 Å². The molecule has 6 nitrogen and oxygen atoms in total. The van der Waals surface area contributed by atoms with E-state index in [4.69, 9.17) is 9.47 Å². The van der Waals surface area contributed by atoms with Crippen molar-refractivity contribution in [1.82, 2.24) is 9.80 Å². The summed E-state index contributed by atoms with van der Waals surface area (Å²) in [5.41, 5.74) is 1.09. The zero-order valence-corrected chi connectivity index (χ0v) is 14.6. The minimum Gasteiger partial charge on any atom is -0.486 e. The number of nitrogens with zero attached hydrogens (tertiary/aromatic N) is 2. The Hall–Kier alpha value is -2.24. The molecule has 0 spiro atoms. The topological polar surface area (TPSA) is 59.1 Å². The lowest BCUT2D eigenvalue weighted by Crippen LogP contribution is -2.43. The molecule has 1 aromatic rings. The number of amides is 2. The fourth-order valence-corrected chi connectivity index (χ4v) is 4.03. The smallest absolute Gasteiger partial charge is 0.226 e. The molecular formula is C19H24N2O4. The standard InChI is InChI=1S/C19H24N2O4/c1-20-8-6-14(12-18(20)22)19(23)21-7-2-3-15(21)13-4-5-16-17(11-13)25-10-9-24-16/h4-5,11,14-15H,2-3,6-10,12H2,1H3/t14-,15-/m0/s1. The summed E-state index contributed by atoms with van der Waals surface area (Å²) in [6.07, 6.45) is 3.03. The summed E-state index contributed by atoms with van der Waals surface area (Å²) >= 11 is 0. The van der Waals surface area contributed by atoms with Crippen LogP contribution in [-0.4, -0.2) is 55.0 Å². The maximum absolute atomic E-state index is 13.0. The van der Waals surface area contributed by atoms with Gasteiger partial charge in [-0.1, -0.05) is 6.07 Å². The van der Waals surface area contributed by atoms with Crippen molar-refractivity contribution in [3.8, 4) is 11.5 Å². The Morgan fingerprint density at radius 1 is 1.12 bits per heavy atom. The van der Waals surface area contributed by atoms with E-state index < -0.39 is 0 Å². The molecule has 0 unspecified atom stereocenters. The van der Waals surface area contributed by atoms with E-state index in [2.05, 4.69) is 0 Å². The predicted molar refractivity (Wildman–Crippen MR) is 91.5 cm³/mol. The van der Waals surface area contributed by atoms with Gasteiger partial charge in [0.1, 0.15) is 13.2 Å². The molecule has 0 aromatic heterocycles. The number of piperidine rings is 1. The molecule has 0 N–H and O–H groups in total. The second-order valence-electron chi connectivity index (χ2n) is 7.10. The maximum atomic E-state index is 13.0. The number of carbonyl (C=O) groups is 2. The van der Waals surface area contributed by atoms with Gasteiger partial charge >= 0.3 is 0 Å². The second-order valence-corrected chi connectivity index (χ2v) is 7.10. The van der Waals surface area contributed by atoms with Crippen molar-refractivity contribution in [2.45, 2.75) is 31.7 Å².